The van der Waals surface area contributed by atoms with Crippen LogP contribution in [0.3, 0.4) is 0 Å². The number of unbranched alkanes of at least 4 members (excludes halogenated alkanes) is 1. The lowest BCUT2D eigenvalue weighted by atomic mass is 10.1. The number of hydrogen-bond donors (Lipinski definition) is 1. The molecule has 114 valence electrons. The molecule has 1 heterocycles. The van der Waals surface area contributed by atoms with Crippen LogP contribution in [-0.2, 0) is 11.2 Å². The predicted molar refractivity (Wildman–Crippen MR) is 78.9 cm³/mol. The first-order valence-corrected chi connectivity index (χ1v) is 6.93. The number of aryl methyl sites for hydroxylation is 1. The number of aromatic nitrogens is 2. The molecule has 2 aromatic rings. The van der Waals surface area contributed by atoms with Crippen molar-refractivity contribution in [2.24, 2.45) is 0 Å². The zero-order valence-electron chi connectivity index (χ0n) is 11.9. The normalized spacial score (nSPS) is 10.2. The molecule has 0 bridgehead atoms. The zero-order valence-corrected chi connectivity index (χ0v) is 11.9. The van der Waals surface area contributed by atoms with Gasteiger partial charge in [0.05, 0.1) is 6.61 Å². The van der Waals surface area contributed by atoms with Gasteiger partial charge in [-0.25, -0.2) is 14.8 Å². The van der Waals surface area contributed by atoms with Crippen molar-refractivity contribution < 1.29 is 19.4 Å². The third-order valence-corrected chi connectivity index (χ3v) is 2.99. The van der Waals surface area contributed by atoms with E-state index in [0.29, 0.717) is 12.4 Å². The molecule has 6 nitrogen and oxygen atoms in total. The molecule has 1 N–H and O–H groups in total. The molecule has 0 amide bonds. The number of benzene rings is 1. The standard InChI is InChI=1S/C16H16N2O4/c19-15(16(20)21)12-5-7-13(8-6-12)22-11-2-1-4-14-17-9-3-10-18-14/h3,5-10H,1-2,4,11H2,(H,20,21). The molecule has 0 saturated carbocycles. The fourth-order valence-electron chi connectivity index (χ4n) is 1.86. The Kier molecular flexibility index (Phi) is 5.59. The van der Waals surface area contributed by atoms with Crippen LogP contribution in [0.4, 0.5) is 0 Å². The number of nitrogens with zero attached hydrogens (tertiary/aromatic N) is 2. The van der Waals surface area contributed by atoms with Crippen LogP contribution in [0.2, 0.25) is 0 Å². The molecule has 6 heteroatoms. The summed E-state index contributed by atoms with van der Waals surface area (Å²) in [5.74, 6) is -0.955. The van der Waals surface area contributed by atoms with E-state index in [2.05, 4.69) is 9.97 Å². The second-order valence-corrected chi connectivity index (χ2v) is 4.63. The first-order chi connectivity index (χ1) is 10.7. The summed E-state index contributed by atoms with van der Waals surface area (Å²) in [6, 6.07) is 7.87. The Labute approximate surface area is 127 Å². The first-order valence-electron chi connectivity index (χ1n) is 6.93. The molecule has 0 saturated heterocycles. The lowest BCUT2D eigenvalue weighted by molar-refractivity contribution is -0.131. The molecule has 0 unspecified atom stereocenters. The number of ether oxygens (including phenoxy) is 1. The van der Waals surface area contributed by atoms with Crippen LogP contribution in [-0.4, -0.2) is 33.4 Å². The first kappa shape index (κ1) is 15.6. The molecule has 0 aliphatic carbocycles. The van der Waals surface area contributed by atoms with Crippen molar-refractivity contribution in [1.29, 1.82) is 0 Å². The number of carbonyl (C=O) groups is 2. The lowest BCUT2D eigenvalue weighted by Gasteiger charge is -2.06. The van der Waals surface area contributed by atoms with Crippen molar-refractivity contribution in [3.8, 4) is 5.75 Å². The molecule has 0 aliphatic rings. The SMILES string of the molecule is O=C(O)C(=O)c1ccc(OCCCCc2ncccn2)cc1. The van der Waals surface area contributed by atoms with Crippen LogP contribution >= 0.6 is 0 Å². The smallest absolute Gasteiger partial charge is 0.377 e. The molecule has 1 aromatic heterocycles. The third kappa shape index (κ3) is 4.66. The number of ketones is 1. The highest BCUT2D eigenvalue weighted by molar-refractivity contribution is 6.39. The molecular formula is C16H16N2O4. The number of aliphatic carboxylic acids is 1. The maximum atomic E-state index is 11.2. The Bertz CT molecular complexity index is 626. The van der Waals surface area contributed by atoms with Gasteiger partial charge in [-0.1, -0.05) is 0 Å². The average Bonchev–Trinajstić information content (AvgIpc) is 2.55. The van der Waals surface area contributed by atoms with Crippen LogP contribution in [0, 0.1) is 0 Å². The minimum atomic E-state index is -1.46. The molecule has 0 spiro atoms. The lowest BCUT2D eigenvalue weighted by Crippen LogP contribution is -2.12. The number of rotatable bonds is 8. The Morgan fingerprint density at radius 1 is 1.05 bits per heavy atom. The predicted octanol–water partition coefficient (Wildman–Crippen LogP) is 2.15. The summed E-state index contributed by atoms with van der Waals surface area (Å²) in [5, 5.41) is 8.61. The van der Waals surface area contributed by atoms with Gasteiger partial charge in [0.25, 0.3) is 5.78 Å². The van der Waals surface area contributed by atoms with Crippen LogP contribution in [0.1, 0.15) is 29.0 Å². The summed E-state index contributed by atoms with van der Waals surface area (Å²) in [5.41, 5.74) is 0.140. The van der Waals surface area contributed by atoms with Gasteiger partial charge in [-0.15, -0.1) is 0 Å². The zero-order chi connectivity index (χ0) is 15.8. The van der Waals surface area contributed by atoms with E-state index in [-0.39, 0.29) is 5.56 Å². The molecule has 22 heavy (non-hydrogen) atoms. The van der Waals surface area contributed by atoms with Gasteiger partial charge in [0, 0.05) is 24.4 Å². The Hall–Kier alpha value is -2.76. The van der Waals surface area contributed by atoms with Gasteiger partial charge in [-0.2, -0.15) is 0 Å². The molecule has 0 radical (unpaired) electrons. The highest BCUT2D eigenvalue weighted by Gasteiger charge is 2.13. The Balaban J connectivity index is 1.71. The quantitative estimate of drug-likeness (QED) is 0.456. The van der Waals surface area contributed by atoms with Gasteiger partial charge in [0.2, 0.25) is 0 Å². The molecule has 2 rings (SSSR count). The summed E-state index contributed by atoms with van der Waals surface area (Å²) in [4.78, 5) is 30.1. The molecule has 0 aliphatic heterocycles. The van der Waals surface area contributed by atoms with E-state index in [1.54, 1.807) is 30.6 Å². The van der Waals surface area contributed by atoms with Gasteiger partial charge < -0.3 is 9.84 Å². The minimum absolute atomic E-state index is 0.140. The van der Waals surface area contributed by atoms with Gasteiger partial charge >= 0.3 is 5.97 Å². The highest BCUT2D eigenvalue weighted by atomic mass is 16.5. The summed E-state index contributed by atoms with van der Waals surface area (Å²) in [7, 11) is 0. The molecule has 1 aromatic carbocycles. The Morgan fingerprint density at radius 2 is 1.73 bits per heavy atom. The van der Waals surface area contributed by atoms with Crippen LogP contribution in [0.25, 0.3) is 0 Å². The summed E-state index contributed by atoms with van der Waals surface area (Å²) in [6.45, 7) is 0.541. The van der Waals surface area contributed by atoms with Crippen LogP contribution < -0.4 is 4.74 Å². The molecule has 0 fully saturated rings. The van der Waals surface area contributed by atoms with E-state index in [9.17, 15) is 9.59 Å². The number of carboxylic acids is 1. The third-order valence-electron chi connectivity index (χ3n) is 2.99. The van der Waals surface area contributed by atoms with Gasteiger partial charge in [-0.05, 0) is 43.2 Å². The average molecular weight is 300 g/mol. The molecule has 0 atom stereocenters. The van der Waals surface area contributed by atoms with Crippen molar-refractivity contribution in [2.75, 3.05) is 6.61 Å². The highest BCUT2D eigenvalue weighted by Crippen LogP contribution is 2.13. The van der Waals surface area contributed by atoms with Crippen molar-refractivity contribution in [3.63, 3.8) is 0 Å². The van der Waals surface area contributed by atoms with Crippen molar-refractivity contribution in [3.05, 3.63) is 54.1 Å². The summed E-state index contributed by atoms with van der Waals surface area (Å²) >= 11 is 0. The number of carboxylic acid groups (broad SMARTS) is 1. The topological polar surface area (TPSA) is 89.4 Å². The number of Topliss-reactive ketones (excluding diaryl/α,β-unsaturated/α-hetero) is 1. The van der Waals surface area contributed by atoms with Gasteiger partial charge in [0.15, 0.2) is 0 Å². The van der Waals surface area contributed by atoms with Crippen molar-refractivity contribution in [1.82, 2.24) is 9.97 Å². The van der Waals surface area contributed by atoms with E-state index in [1.807, 2.05) is 0 Å². The fraction of sp³-hybridized carbons (Fsp3) is 0.250. The van der Waals surface area contributed by atoms with Crippen LogP contribution in [0.5, 0.6) is 5.75 Å². The van der Waals surface area contributed by atoms with E-state index in [4.69, 9.17) is 9.84 Å². The van der Waals surface area contributed by atoms with Crippen molar-refractivity contribution >= 4 is 11.8 Å². The van der Waals surface area contributed by atoms with E-state index < -0.39 is 11.8 Å². The molecular weight excluding hydrogens is 284 g/mol. The van der Waals surface area contributed by atoms with E-state index in [0.717, 1.165) is 25.1 Å². The monoisotopic (exact) mass is 300 g/mol. The number of hydrogen-bond acceptors (Lipinski definition) is 5. The second-order valence-electron chi connectivity index (χ2n) is 4.63. The maximum Gasteiger partial charge on any atom is 0.377 e. The largest absolute Gasteiger partial charge is 0.494 e. The summed E-state index contributed by atoms with van der Waals surface area (Å²) < 4.78 is 5.54. The summed E-state index contributed by atoms with van der Waals surface area (Å²) in [6.07, 6.45) is 6.02. The van der Waals surface area contributed by atoms with Crippen LogP contribution in [0.15, 0.2) is 42.7 Å². The Morgan fingerprint density at radius 3 is 2.36 bits per heavy atom. The minimum Gasteiger partial charge on any atom is -0.494 e. The number of carbonyl (C=O) groups excluding carboxylic acids is 1. The van der Waals surface area contributed by atoms with Crippen molar-refractivity contribution in [2.45, 2.75) is 19.3 Å². The second kappa shape index (κ2) is 7.87. The van der Waals surface area contributed by atoms with E-state index in [1.165, 1.54) is 12.1 Å². The van der Waals surface area contributed by atoms with Gasteiger partial charge in [0.1, 0.15) is 11.6 Å². The van der Waals surface area contributed by atoms with Gasteiger partial charge in [-0.3, -0.25) is 4.79 Å². The van der Waals surface area contributed by atoms with E-state index >= 15 is 0 Å². The fourth-order valence-corrected chi connectivity index (χ4v) is 1.86. The maximum absolute atomic E-state index is 11.2.